The molecule has 6 nitrogen and oxygen atoms in total. The maximum Gasteiger partial charge on any atom is 0.252 e. The van der Waals surface area contributed by atoms with E-state index in [4.69, 9.17) is 9.15 Å². The Bertz CT molecular complexity index is 634. The van der Waals surface area contributed by atoms with Crippen LogP contribution in [0.4, 0.5) is 0 Å². The van der Waals surface area contributed by atoms with Gasteiger partial charge in [0.15, 0.2) is 0 Å². The third kappa shape index (κ3) is 3.94. The lowest BCUT2D eigenvalue weighted by Crippen LogP contribution is -2.36. The van der Waals surface area contributed by atoms with Crippen LogP contribution >= 0.6 is 0 Å². The number of ether oxygens (including phenoxy) is 1. The Kier molecular flexibility index (Phi) is 5.48. The van der Waals surface area contributed by atoms with Gasteiger partial charge < -0.3 is 14.5 Å². The molecule has 1 atom stereocenters. The fourth-order valence-corrected chi connectivity index (χ4v) is 2.98. The summed E-state index contributed by atoms with van der Waals surface area (Å²) in [6, 6.07) is 7.36. The summed E-state index contributed by atoms with van der Waals surface area (Å²) >= 11 is 0. The zero-order valence-electron chi connectivity index (χ0n) is 13.9. The summed E-state index contributed by atoms with van der Waals surface area (Å²) in [5.41, 5.74) is 0.526. The van der Waals surface area contributed by atoms with Gasteiger partial charge in [-0.15, -0.1) is 0 Å². The highest BCUT2D eigenvalue weighted by atomic mass is 16.5. The van der Waals surface area contributed by atoms with Crippen molar-refractivity contribution in [1.82, 2.24) is 15.2 Å². The molecule has 1 aliphatic heterocycles. The van der Waals surface area contributed by atoms with Crippen LogP contribution in [0.25, 0.3) is 0 Å². The Hall–Kier alpha value is -2.34. The number of aromatic nitrogens is 1. The number of rotatable bonds is 7. The van der Waals surface area contributed by atoms with Gasteiger partial charge in [0.05, 0.1) is 24.5 Å². The van der Waals surface area contributed by atoms with Gasteiger partial charge >= 0.3 is 0 Å². The van der Waals surface area contributed by atoms with E-state index in [1.165, 1.54) is 19.0 Å². The quantitative estimate of drug-likeness (QED) is 0.846. The van der Waals surface area contributed by atoms with Crippen molar-refractivity contribution in [1.29, 1.82) is 0 Å². The molecule has 0 bridgehead atoms. The van der Waals surface area contributed by atoms with E-state index in [-0.39, 0.29) is 11.9 Å². The van der Waals surface area contributed by atoms with Crippen LogP contribution in [0.2, 0.25) is 0 Å². The molecule has 1 aliphatic rings. The van der Waals surface area contributed by atoms with E-state index in [9.17, 15) is 4.79 Å². The number of nitrogens with zero attached hydrogens (tertiary/aromatic N) is 2. The second-order valence-electron chi connectivity index (χ2n) is 5.80. The van der Waals surface area contributed by atoms with Crippen LogP contribution in [0, 0.1) is 0 Å². The van der Waals surface area contributed by atoms with Crippen molar-refractivity contribution in [2.45, 2.75) is 25.8 Å². The molecule has 0 aromatic carbocycles. The largest absolute Gasteiger partial charge is 0.478 e. The van der Waals surface area contributed by atoms with Crippen LogP contribution in [0.1, 0.15) is 41.9 Å². The molecule has 0 spiro atoms. The minimum absolute atomic E-state index is 0.0714. The second-order valence-corrected chi connectivity index (χ2v) is 5.80. The lowest BCUT2D eigenvalue weighted by Gasteiger charge is -2.26. The molecule has 0 unspecified atom stereocenters. The zero-order chi connectivity index (χ0) is 16.8. The average Bonchev–Trinajstić information content (AvgIpc) is 3.30. The Balaban J connectivity index is 1.62. The maximum absolute atomic E-state index is 12.4. The summed E-state index contributed by atoms with van der Waals surface area (Å²) in [6.45, 7) is 5.03. The first-order chi connectivity index (χ1) is 11.8. The third-order valence-electron chi connectivity index (χ3n) is 4.20. The Labute approximate surface area is 141 Å². The highest BCUT2D eigenvalue weighted by Gasteiger charge is 2.26. The van der Waals surface area contributed by atoms with E-state index in [2.05, 4.69) is 15.2 Å². The number of likely N-dealkylation sites (tertiary alicyclic amines) is 1. The summed E-state index contributed by atoms with van der Waals surface area (Å²) < 4.78 is 10.9. The first-order valence-corrected chi connectivity index (χ1v) is 8.42. The van der Waals surface area contributed by atoms with Crippen molar-refractivity contribution in [2.24, 2.45) is 0 Å². The summed E-state index contributed by atoms with van der Waals surface area (Å²) in [5.74, 6) is 1.28. The fraction of sp³-hybridized carbons (Fsp3) is 0.444. The minimum Gasteiger partial charge on any atom is -0.478 e. The van der Waals surface area contributed by atoms with Crippen LogP contribution in [-0.4, -0.2) is 42.0 Å². The number of furan rings is 1. The molecule has 1 fully saturated rings. The van der Waals surface area contributed by atoms with E-state index in [0.717, 1.165) is 18.8 Å². The molecular weight excluding hydrogens is 306 g/mol. The van der Waals surface area contributed by atoms with Crippen molar-refractivity contribution in [2.75, 3.05) is 26.2 Å². The first kappa shape index (κ1) is 16.5. The molecule has 0 aliphatic carbocycles. The topological polar surface area (TPSA) is 67.6 Å². The van der Waals surface area contributed by atoms with Crippen LogP contribution in [0.3, 0.4) is 0 Å². The van der Waals surface area contributed by atoms with Crippen LogP contribution in [0.15, 0.2) is 41.1 Å². The predicted molar refractivity (Wildman–Crippen MR) is 90.0 cm³/mol. The van der Waals surface area contributed by atoms with Gasteiger partial charge in [0, 0.05) is 18.8 Å². The summed E-state index contributed by atoms with van der Waals surface area (Å²) in [5, 5.41) is 2.99. The van der Waals surface area contributed by atoms with Gasteiger partial charge in [-0.05, 0) is 51.1 Å². The van der Waals surface area contributed by atoms with Gasteiger partial charge in [-0.25, -0.2) is 4.98 Å². The minimum atomic E-state index is -0.138. The third-order valence-corrected chi connectivity index (χ3v) is 4.20. The molecule has 2 aromatic rings. The standard InChI is InChI=1S/C18H23N3O3/c1-2-23-17-8-7-14(12-19-17)18(22)20-13-15(16-6-5-11-24-16)21-9-3-4-10-21/h5-8,11-12,15H,2-4,9-10,13H2,1H3,(H,20,22)/t15-/m1/s1. The van der Waals surface area contributed by atoms with E-state index >= 15 is 0 Å². The maximum atomic E-state index is 12.4. The molecule has 3 rings (SSSR count). The SMILES string of the molecule is CCOc1ccc(C(=O)NC[C@H](c2ccco2)N2CCCC2)cn1. The van der Waals surface area contributed by atoms with E-state index in [0.29, 0.717) is 24.6 Å². The summed E-state index contributed by atoms with van der Waals surface area (Å²) in [4.78, 5) is 18.9. The molecule has 1 N–H and O–H groups in total. The number of nitrogens with one attached hydrogen (secondary N) is 1. The number of carbonyl (C=O) groups is 1. The molecule has 1 saturated heterocycles. The van der Waals surface area contributed by atoms with Gasteiger partial charge in [0.2, 0.25) is 5.88 Å². The first-order valence-electron chi connectivity index (χ1n) is 8.42. The van der Waals surface area contributed by atoms with Crippen molar-refractivity contribution in [3.8, 4) is 5.88 Å². The summed E-state index contributed by atoms with van der Waals surface area (Å²) in [7, 11) is 0. The Morgan fingerprint density at radius 1 is 1.38 bits per heavy atom. The molecule has 24 heavy (non-hydrogen) atoms. The fourth-order valence-electron chi connectivity index (χ4n) is 2.98. The molecule has 1 amide bonds. The number of amides is 1. The lowest BCUT2D eigenvalue weighted by atomic mass is 10.2. The Morgan fingerprint density at radius 3 is 2.83 bits per heavy atom. The smallest absolute Gasteiger partial charge is 0.252 e. The highest BCUT2D eigenvalue weighted by molar-refractivity contribution is 5.93. The molecule has 0 saturated carbocycles. The van der Waals surface area contributed by atoms with E-state index < -0.39 is 0 Å². The van der Waals surface area contributed by atoms with Crippen LogP contribution in [-0.2, 0) is 0 Å². The van der Waals surface area contributed by atoms with Gasteiger partial charge in [-0.3, -0.25) is 9.69 Å². The second kappa shape index (κ2) is 7.97. The number of hydrogen-bond acceptors (Lipinski definition) is 5. The van der Waals surface area contributed by atoms with E-state index in [1.807, 2.05) is 19.1 Å². The molecular formula is C18H23N3O3. The van der Waals surface area contributed by atoms with Gasteiger partial charge in [-0.2, -0.15) is 0 Å². The van der Waals surface area contributed by atoms with Crippen LogP contribution < -0.4 is 10.1 Å². The molecule has 0 radical (unpaired) electrons. The van der Waals surface area contributed by atoms with Crippen molar-refractivity contribution in [3.05, 3.63) is 48.0 Å². The molecule has 128 valence electrons. The van der Waals surface area contributed by atoms with Gasteiger partial charge in [0.25, 0.3) is 5.91 Å². The van der Waals surface area contributed by atoms with Gasteiger partial charge in [0.1, 0.15) is 5.76 Å². The number of pyridine rings is 1. The Morgan fingerprint density at radius 2 is 2.21 bits per heavy atom. The molecule has 6 heteroatoms. The van der Waals surface area contributed by atoms with Crippen molar-refractivity contribution >= 4 is 5.91 Å². The van der Waals surface area contributed by atoms with Crippen LogP contribution in [0.5, 0.6) is 5.88 Å². The normalized spacial score (nSPS) is 16.0. The van der Waals surface area contributed by atoms with E-state index in [1.54, 1.807) is 18.4 Å². The van der Waals surface area contributed by atoms with Crippen molar-refractivity contribution in [3.63, 3.8) is 0 Å². The summed E-state index contributed by atoms with van der Waals surface area (Å²) in [6.07, 6.45) is 5.59. The predicted octanol–water partition coefficient (Wildman–Crippen LogP) is 2.64. The lowest BCUT2D eigenvalue weighted by molar-refractivity contribution is 0.0933. The average molecular weight is 329 g/mol. The zero-order valence-corrected chi connectivity index (χ0v) is 13.9. The van der Waals surface area contributed by atoms with Crippen molar-refractivity contribution < 1.29 is 13.9 Å². The van der Waals surface area contributed by atoms with Gasteiger partial charge in [-0.1, -0.05) is 0 Å². The molecule has 2 aromatic heterocycles. The highest BCUT2D eigenvalue weighted by Crippen LogP contribution is 2.25. The monoisotopic (exact) mass is 329 g/mol. The number of hydrogen-bond donors (Lipinski definition) is 1. The molecule has 3 heterocycles. The number of carbonyl (C=O) groups excluding carboxylic acids is 1.